The van der Waals surface area contributed by atoms with Crippen molar-refractivity contribution in [1.82, 2.24) is 19.9 Å². The van der Waals surface area contributed by atoms with E-state index in [1.54, 1.807) is 6.20 Å². The van der Waals surface area contributed by atoms with Crippen LogP contribution in [0.5, 0.6) is 5.88 Å². The molecule has 5 aliphatic rings. The lowest BCUT2D eigenvalue weighted by molar-refractivity contribution is -0.152. The number of carbonyl (C=O) groups is 4. The number of amides is 3. The number of sulfonamides is 1. The van der Waals surface area contributed by atoms with Gasteiger partial charge in [-0.1, -0.05) is 49.6 Å². The average Bonchev–Trinajstić information content (AvgIpc) is 4.05. The van der Waals surface area contributed by atoms with Gasteiger partial charge in [0.1, 0.15) is 17.7 Å². The van der Waals surface area contributed by atoms with Crippen LogP contribution in [0.4, 0.5) is 0 Å². The summed E-state index contributed by atoms with van der Waals surface area (Å²) in [6, 6.07) is 6.82. The number of nitrogens with one attached hydrogen (secondary N) is 2. The van der Waals surface area contributed by atoms with Gasteiger partial charge in [-0.25, -0.2) is 13.4 Å². The standard InChI is InChI=1S/C38H46N4O8S/c1-2-27-22-38(27,37(46)41-51(47,48)29-14-15-29)40-34(44)32-20-28-23-42(32)36(45)31(25-10-6-3-7-11-25)21-33(43)49-18-8-4-5-9-24-12-13-26-16-17-39-35(50-28)30(26)19-24/h2,5,9,12-13,16-17,19,25,27-29,31-32H,1,3-4,6-8,10-11,14-15,18,20-23H2,(H,40,44)(H,41,46)/b9-5+/t27-,28-,31+,32+,38-/m1/s1. The zero-order valence-electron chi connectivity index (χ0n) is 28.8. The Hall–Kier alpha value is -4.26. The first-order valence-electron chi connectivity index (χ1n) is 18.3. The van der Waals surface area contributed by atoms with E-state index >= 15 is 0 Å². The number of pyridine rings is 1. The number of ether oxygens (including phenoxy) is 2. The van der Waals surface area contributed by atoms with E-state index in [1.807, 2.05) is 36.4 Å². The van der Waals surface area contributed by atoms with E-state index < -0.39 is 62.6 Å². The van der Waals surface area contributed by atoms with Crippen LogP contribution in [0.1, 0.15) is 82.6 Å². The number of benzene rings is 1. The number of aromatic nitrogens is 1. The molecular weight excluding hydrogens is 673 g/mol. The summed E-state index contributed by atoms with van der Waals surface area (Å²) < 4.78 is 39.7. The number of fused-ring (bicyclic) bond motifs is 3. The fourth-order valence-corrected chi connectivity index (χ4v) is 9.32. The Kier molecular flexibility index (Phi) is 9.93. The predicted octanol–water partition coefficient (Wildman–Crippen LogP) is 4.19. The first-order valence-corrected chi connectivity index (χ1v) is 19.8. The summed E-state index contributed by atoms with van der Waals surface area (Å²) in [6.45, 7) is 4.09. The maximum absolute atomic E-state index is 14.7. The molecule has 0 unspecified atom stereocenters. The Bertz CT molecular complexity index is 1850. The number of allylic oxidation sites excluding steroid dienone is 1. The molecule has 2 aliphatic heterocycles. The van der Waals surface area contributed by atoms with Gasteiger partial charge in [0.2, 0.25) is 27.7 Å². The second kappa shape index (κ2) is 14.4. The molecule has 2 aromatic rings. The molecule has 1 saturated heterocycles. The fraction of sp³-hybridized carbons (Fsp3) is 0.553. The largest absolute Gasteiger partial charge is 0.472 e. The lowest BCUT2D eigenvalue weighted by Crippen LogP contribution is -2.57. The van der Waals surface area contributed by atoms with E-state index in [0.717, 1.165) is 48.4 Å². The number of hydrogen-bond acceptors (Lipinski definition) is 9. The number of carbonyl (C=O) groups excluding carboxylic acids is 4. The van der Waals surface area contributed by atoms with Crippen LogP contribution in [0.25, 0.3) is 16.8 Å². The zero-order valence-corrected chi connectivity index (χ0v) is 29.6. The molecule has 51 heavy (non-hydrogen) atoms. The van der Waals surface area contributed by atoms with Crippen LogP contribution in [0.2, 0.25) is 0 Å². The number of esters is 1. The van der Waals surface area contributed by atoms with Crippen LogP contribution < -0.4 is 14.8 Å². The number of cyclic esters (lactones) is 1. The molecule has 3 heterocycles. The summed E-state index contributed by atoms with van der Waals surface area (Å²) in [4.78, 5) is 61.7. The third-order valence-corrected chi connectivity index (χ3v) is 13.0. The number of nitrogens with zero attached hydrogens (tertiary/aromatic N) is 2. The Labute approximate surface area is 298 Å². The number of hydrogen-bond donors (Lipinski definition) is 2. The van der Waals surface area contributed by atoms with Crippen LogP contribution in [0.3, 0.4) is 0 Å². The van der Waals surface area contributed by atoms with Crippen molar-refractivity contribution in [3.05, 3.63) is 54.8 Å². The van der Waals surface area contributed by atoms with E-state index in [1.165, 1.54) is 11.0 Å². The topological polar surface area (TPSA) is 161 Å². The van der Waals surface area contributed by atoms with Gasteiger partial charge in [0.05, 0.1) is 30.7 Å². The molecule has 3 saturated carbocycles. The van der Waals surface area contributed by atoms with Crippen LogP contribution in [-0.4, -0.2) is 78.1 Å². The average molecular weight is 719 g/mol. The van der Waals surface area contributed by atoms with Crippen LogP contribution >= 0.6 is 0 Å². The first-order chi connectivity index (χ1) is 24.6. The summed E-state index contributed by atoms with van der Waals surface area (Å²) in [7, 11) is -3.87. The molecule has 3 aliphatic carbocycles. The van der Waals surface area contributed by atoms with E-state index in [-0.39, 0.29) is 44.2 Å². The van der Waals surface area contributed by atoms with Gasteiger partial charge in [-0.2, -0.15) is 0 Å². The van der Waals surface area contributed by atoms with Crippen LogP contribution in [-0.2, 0) is 33.9 Å². The molecule has 4 bridgehead atoms. The second-order valence-electron chi connectivity index (χ2n) is 14.7. The Balaban J connectivity index is 1.21. The molecule has 7 rings (SSSR count). The minimum Gasteiger partial charge on any atom is -0.472 e. The zero-order chi connectivity index (χ0) is 35.8. The normalized spacial score (nSPS) is 29.7. The molecule has 12 nitrogen and oxygen atoms in total. The van der Waals surface area contributed by atoms with Gasteiger partial charge in [0.25, 0.3) is 5.91 Å². The van der Waals surface area contributed by atoms with Gasteiger partial charge >= 0.3 is 5.97 Å². The van der Waals surface area contributed by atoms with Crippen molar-refractivity contribution in [1.29, 1.82) is 0 Å². The quantitative estimate of drug-likeness (QED) is 0.316. The molecule has 13 heteroatoms. The van der Waals surface area contributed by atoms with Gasteiger partial charge in [-0.05, 0) is 73.9 Å². The summed E-state index contributed by atoms with van der Waals surface area (Å²) in [5.41, 5.74) is -0.559. The van der Waals surface area contributed by atoms with E-state index in [4.69, 9.17) is 9.47 Å². The molecule has 0 radical (unpaired) electrons. The van der Waals surface area contributed by atoms with E-state index in [9.17, 15) is 27.6 Å². The van der Waals surface area contributed by atoms with Crippen molar-refractivity contribution in [2.75, 3.05) is 13.2 Å². The fourth-order valence-electron chi connectivity index (χ4n) is 7.96. The van der Waals surface area contributed by atoms with Crippen LogP contribution in [0, 0.1) is 17.8 Å². The van der Waals surface area contributed by atoms with Gasteiger partial charge in [0.15, 0.2) is 0 Å². The van der Waals surface area contributed by atoms with Crippen molar-refractivity contribution in [3.63, 3.8) is 0 Å². The second-order valence-corrected chi connectivity index (χ2v) is 16.7. The summed E-state index contributed by atoms with van der Waals surface area (Å²) >= 11 is 0. The molecule has 1 aromatic heterocycles. The third kappa shape index (κ3) is 7.54. The molecule has 5 atom stereocenters. The van der Waals surface area contributed by atoms with Gasteiger partial charge in [0, 0.05) is 23.9 Å². The molecule has 3 amide bonds. The van der Waals surface area contributed by atoms with Gasteiger partial charge < -0.3 is 19.7 Å². The highest BCUT2D eigenvalue weighted by Gasteiger charge is 2.62. The van der Waals surface area contributed by atoms with Gasteiger partial charge in [-0.3, -0.25) is 23.9 Å². The lowest BCUT2D eigenvalue weighted by Gasteiger charge is -2.34. The SMILES string of the molecule is C=C[C@@H]1C[C@]1(NC(=O)[C@@H]1C[C@@H]2CN1C(=O)[C@H](C1CCCCC1)CC(=O)OCCC/C=C/c1ccc3ccnc(c3c1)O2)C(=O)NS(=O)(=O)C1CC1. The molecule has 1 aromatic carbocycles. The highest BCUT2D eigenvalue weighted by molar-refractivity contribution is 7.91. The summed E-state index contributed by atoms with van der Waals surface area (Å²) in [6.07, 6.45) is 13.6. The summed E-state index contributed by atoms with van der Waals surface area (Å²) in [5, 5.41) is 3.95. The monoisotopic (exact) mass is 718 g/mol. The maximum atomic E-state index is 14.7. The minimum absolute atomic E-state index is 0.0486. The Morgan fingerprint density at radius 2 is 1.86 bits per heavy atom. The van der Waals surface area contributed by atoms with Gasteiger partial charge in [-0.15, -0.1) is 6.58 Å². The predicted molar refractivity (Wildman–Crippen MR) is 189 cm³/mol. The molecule has 2 N–H and O–H groups in total. The van der Waals surface area contributed by atoms with E-state index in [0.29, 0.717) is 31.6 Å². The van der Waals surface area contributed by atoms with Crippen LogP contribution in [0.15, 0.2) is 49.2 Å². The lowest BCUT2D eigenvalue weighted by atomic mass is 9.77. The van der Waals surface area contributed by atoms with Crippen molar-refractivity contribution in [2.45, 2.75) is 100.0 Å². The first kappa shape index (κ1) is 35.2. The van der Waals surface area contributed by atoms with Crippen molar-refractivity contribution in [3.8, 4) is 5.88 Å². The van der Waals surface area contributed by atoms with Crippen molar-refractivity contribution < 1.29 is 37.1 Å². The molecular formula is C38H46N4O8S. The van der Waals surface area contributed by atoms with E-state index in [2.05, 4.69) is 21.6 Å². The molecule has 4 fully saturated rings. The Morgan fingerprint density at radius 3 is 2.61 bits per heavy atom. The highest BCUT2D eigenvalue weighted by Crippen LogP contribution is 2.46. The maximum Gasteiger partial charge on any atom is 0.306 e. The summed E-state index contributed by atoms with van der Waals surface area (Å²) in [5.74, 6) is -3.01. The van der Waals surface area contributed by atoms with Crippen molar-refractivity contribution in [2.24, 2.45) is 17.8 Å². The smallest absolute Gasteiger partial charge is 0.306 e. The Morgan fingerprint density at radius 1 is 1.06 bits per heavy atom. The molecule has 0 spiro atoms. The van der Waals surface area contributed by atoms with Crippen molar-refractivity contribution >= 4 is 50.6 Å². The number of rotatable bonds is 7. The highest BCUT2D eigenvalue weighted by atomic mass is 32.2. The molecule has 272 valence electrons. The minimum atomic E-state index is -3.87. The third-order valence-electron chi connectivity index (χ3n) is 11.1.